The molecule has 25 heavy (non-hydrogen) atoms. The third kappa shape index (κ3) is 13.7. The van der Waals surface area contributed by atoms with Crippen molar-refractivity contribution in [1.82, 2.24) is 0 Å². The molecule has 0 amide bonds. The summed E-state index contributed by atoms with van der Waals surface area (Å²) in [5.74, 6) is 0. The van der Waals surface area contributed by atoms with E-state index in [9.17, 15) is 0 Å². The third-order valence-electron chi connectivity index (χ3n) is 6.10. The summed E-state index contributed by atoms with van der Waals surface area (Å²) in [6.07, 6.45) is 23.3. The first-order chi connectivity index (χ1) is 12.3. The zero-order chi connectivity index (χ0) is 18.1. The molecule has 1 fully saturated rings. The number of morpholine rings is 1. The van der Waals surface area contributed by atoms with Crippen LogP contribution in [-0.4, -0.2) is 44.4 Å². The molecule has 150 valence electrons. The van der Waals surface area contributed by atoms with Gasteiger partial charge in [-0.15, -0.1) is 0 Å². The molecule has 0 radical (unpaired) electrons. The van der Waals surface area contributed by atoms with E-state index < -0.39 is 0 Å². The standard InChI is InChI=1S/C23H48NO/c1-3-4-5-6-7-8-9-10-11-12-13-14-15-16-17-18-19-24(2)20-22-25-23-21-24/h3-23H2,1-2H3/q+1. The van der Waals surface area contributed by atoms with Crippen molar-refractivity contribution in [1.29, 1.82) is 0 Å². The van der Waals surface area contributed by atoms with Crippen LogP contribution in [0.25, 0.3) is 0 Å². The number of rotatable bonds is 17. The first-order valence-corrected chi connectivity index (χ1v) is 11.7. The minimum Gasteiger partial charge on any atom is -0.370 e. The van der Waals surface area contributed by atoms with Crippen molar-refractivity contribution in [2.45, 2.75) is 110 Å². The Labute approximate surface area is 159 Å². The predicted molar refractivity (Wildman–Crippen MR) is 111 cm³/mol. The van der Waals surface area contributed by atoms with Crippen LogP contribution in [0.3, 0.4) is 0 Å². The van der Waals surface area contributed by atoms with Crippen molar-refractivity contribution in [2.75, 3.05) is 39.9 Å². The minimum absolute atomic E-state index is 0.968. The molecule has 0 bridgehead atoms. The maximum Gasteiger partial charge on any atom is 0.102 e. The molecule has 0 atom stereocenters. The largest absolute Gasteiger partial charge is 0.370 e. The number of unbranched alkanes of at least 4 members (excludes halogenated alkanes) is 15. The van der Waals surface area contributed by atoms with Gasteiger partial charge in [0.15, 0.2) is 0 Å². The quantitative estimate of drug-likeness (QED) is 0.208. The summed E-state index contributed by atoms with van der Waals surface area (Å²) >= 11 is 0. The summed E-state index contributed by atoms with van der Waals surface area (Å²) in [5.41, 5.74) is 0. The maximum atomic E-state index is 5.48. The second kappa shape index (κ2) is 16.1. The predicted octanol–water partition coefficient (Wildman–Crippen LogP) is 6.72. The van der Waals surface area contributed by atoms with Crippen molar-refractivity contribution in [3.8, 4) is 0 Å². The fraction of sp³-hybridized carbons (Fsp3) is 1.00. The molecule has 1 aliphatic heterocycles. The normalized spacial score (nSPS) is 17.0. The zero-order valence-corrected chi connectivity index (χ0v) is 17.7. The topological polar surface area (TPSA) is 9.23 Å². The summed E-state index contributed by atoms with van der Waals surface area (Å²) in [6.45, 7) is 8.04. The van der Waals surface area contributed by atoms with Gasteiger partial charge in [0.1, 0.15) is 13.1 Å². The highest BCUT2D eigenvalue weighted by atomic mass is 16.5. The van der Waals surface area contributed by atoms with Crippen molar-refractivity contribution < 1.29 is 9.22 Å². The zero-order valence-electron chi connectivity index (χ0n) is 17.7. The average Bonchev–Trinajstić information content (AvgIpc) is 2.62. The van der Waals surface area contributed by atoms with Crippen LogP contribution in [0.5, 0.6) is 0 Å². The van der Waals surface area contributed by atoms with Crippen molar-refractivity contribution in [3.05, 3.63) is 0 Å². The van der Waals surface area contributed by atoms with Crippen LogP contribution in [0.1, 0.15) is 110 Å². The third-order valence-corrected chi connectivity index (χ3v) is 6.10. The van der Waals surface area contributed by atoms with Crippen LogP contribution in [-0.2, 0) is 4.74 Å². The number of nitrogens with zero attached hydrogens (tertiary/aromatic N) is 1. The van der Waals surface area contributed by atoms with Crippen LogP contribution in [0, 0.1) is 0 Å². The van der Waals surface area contributed by atoms with E-state index in [1.807, 2.05) is 0 Å². The van der Waals surface area contributed by atoms with Gasteiger partial charge in [0.25, 0.3) is 0 Å². The Morgan fingerprint density at radius 3 is 1.32 bits per heavy atom. The highest BCUT2D eigenvalue weighted by molar-refractivity contribution is 4.51. The number of hydrogen-bond donors (Lipinski definition) is 0. The van der Waals surface area contributed by atoms with Crippen LogP contribution in [0.15, 0.2) is 0 Å². The molecular formula is C23H48NO+. The second-order valence-electron chi connectivity index (χ2n) is 8.71. The Bertz CT molecular complexity index is 273. The van der Waals surface area contributed by atoms with Gasteiger partial charge in [-0.25, -0.2) is 0 Å². The molecule has 0 aromatic heterocycles. The van der Waals surface area contributed by atoms with Gasteiger partial charge < -0.3 is 9.22 Å². The molecule has 1 rings (SSSR count). The number of ether oxygens (including phenoxy) is 1. The second-order valence-corrected chi connectivity index (χ2v) is 8.71. The van der Waals surface area contributed by atoms with Crippen molar-refractivity contribution in [2.24, 2.45) is 0 Å². The van der Waals surface area contributed by atoms with E-state index >= 15 is 0 Å². The molecular weight excluding hydrogens is 306 g/mol. The lowest BCUT2D eigenvalue weighted by Gasteiger charge is -2.37. The monoisotopic (exact) mass is 354 g/mol. The SMILES string of the molecule is CCCCCCCCCCCCCCCCCC[N+]1(C)CCOCC1. The molecule has 0 aromatic rings. The molecule has 1 saturated heterocycles. The fourth-order valence-electron chi connectivity index (χ4n) is 4.05. The van der Waals surface area contributed by atoms with Gasteiger partial charge in [-0.2, -0.15) is 0 Å². The van der Waals surface area contributed by atoms with Gasteiger partial charge in [0.05, 0.1) is 26.8 Å². The lowest BCUT2D eigenvalue weighted by molar-refractivity contribution is -0.917. The molecule has 1 heterocycles. The van der Waals surface area contributed by atoms with Gasteiger partial charge in [-0.3, -0.25) is 0 Å². The Morgan fingerprint density at radius 1 is 0.560 bits per heavy atom. The smallest absolute Gasteiger partial charge is 0.102 e. The number of likely N-dealkylation sites (N-methyl/N-ethyl adjacent to an activating group) is 1. The molecule has 2 nitrogen and oxygen atoms in total. The van der Waals surface area contributed by atoms with Crippen LogP contribution in [0.2, 0.25) is 0 Å². The maximum absolute atomic E-state index is 5.48. The Hall–Kier alpha value is -0.0800. The van der Waals surface area contributed by atoms with Crippen LogP contribution in [0.4, 0.5) is 0 Å². The highest BCUT2D eigenvalue weighted by Crippen LogP contribution is 2.15. The first-order valence-electron chi connectivity index (χ1n) is 11.7. The number of quaternary nitrogens is 1. The lowest BCUT2D eigenvalue weighted by Crippen LogP contribution is -2.52. The van der Waals surface area contributed by atoms with E-state index in [4.69, 9.17) is 4.74 Å². The first kappa shape index (κ1) is 23.0. The molecule has 0 aromatic carbocycles. The van der Waals surface area contributed by atoms with E-state index in [1.165, 1.54) is 127 Å². The Morgan fingerprint density at radius 2 is 0.920 bits per heavy atom. The minimum atomic E-state index is 0.968. The van der Waals surface area contributed by atoms with Gasteiger partial charge in [-0.1, -0.05) is 96.8 Å². The summed E-state index contributed by atoms with van der Waals surface area (Å²) in [4.78, 5) is 0. The van der Waals surface area contributed by atoms with E-state index in [0.29, 0.717) is 0 Å². The highest BCUT2D eigenvalue weighted by Gasteiger charge is 2.23. The van der Waals surface area contributed by atoms with Gasteiger partial charge in [0, 0.05) is 0 Å². The van der Waals surface area contributed by atoms with E-state index in [1.54, 1.807) is 0 Å². The molecule has 0 N–H and O–H groups in total. The molecule has 1 aliphatic rings. The molecule has 0 saturated carbocycles. The van der Waals surface area contributed by atoms with E-state index in [2.05, 4.69) is 14.0 Å². The van der Waals surface area contributed by atoms with E-state index in [0.717, 1.165) is 13.2 Å². The molecule has 0 unspecified atom stereocenters. The van der Waals surface area contributed by atoms with E-state index in [-0.39, 0.29) is 0 Å². The Kier molecular flexibility index (Phi) is 14.8. The summed E-state index contributed by atoms with van der Waals surface area (Å²) in [7, 11) is 2.41. The fourth-order valence-corrected chi connectivity index (χ4v) is 4.05. The van der Waals surface area contributed by atoms with Crippen molar-refractivity contribution >= 4 is 0 Å². The lowest BCUT2D eigenvalue weighted by atomic mass is 10.0. The summed E-state index contributed by atoms with van der Waals surface area (Å²) in [6, 6.07) is 0. The Balaban J connectivity index is 1.72. The van der Waals surface area contributed by atoms with Crippen LogP contribution < -0.4 is 0 Å². The number of hydrogen-bond acceptors (Lipinski definition) is 1. The van der Waals surface area contributed by atoms with Crippen LogP contribution >= 0.6 is 0 Å². The summed E-state index contributed by atoms with van der Waals surface area (Å²) < 4.78 is 6.73. The molecule has 0 aliphatic carbocycles. The molecule has 0 spiro atoms. The van der Waals surface area contributed by atoms with Gasteiger partial charge in [-0.05, 0) is 12.8 Å². The summed E-state index contributed by atoms with van der Waals surface area (Å²) in [5, 5.41) is 0. The van der Waals surface area contributed by atoms with Gasteiger partial charge >= 0.3 is 0 Å². The van der Waals surface area contributed by atoms with Crippen molar-refractivity contribution in [3.63, 3.8) is 0 Å². The van der Waals surface area contributed by atoms with Gasteiger partial charge in [0.2, 0.25) is 0 Å². The molecule has 2 heteroatoms. The average molecular weight is 355 g/mol.